The number of piperidine rings is 1. The summed E-state index contributed by atoms with van der Waals surface area (Å²) in [5, 5.41) is 5.34. The molecule has 112 valence electrons. The summed E-state index contributed by atoms with van der Waals surface area (Å²) in [5.74, 6) is 1.31. The second-order valence-electron chi connectivity index (χ2n) is 7.69. The zero-order valence-electron chi connectivity index (χ0n) is 13.2. The molecule has 0 radical (unpaired) electrons. The fourth-order valence-corrected chi connectivity index (χ4v) is 4.76. The van der Waals surface area contributed by atoms with Crippen molar-refractivity contribution in [3.8, 4) is 0 Å². The lowest BCUT2D eigenvalue weighted by molar-refractivity contribution is 0.144. The zero-order chi connectivity index (χ0) is 14.9. The Balaban J connectivity index is 1.73. The van der Waals surface area contributed by atoms with Crippen molar-refractivity contribution in [3.63, 3.8) is 0 Å². The molecule has 0 saturated carbocycles. The molecular formula is C20H22N2. The molecule has 2 heterocycles. The number of H-pyrrole nitrogens is 1. The van der Waals surface area contributed by atoms with Gasteiger partial charge in [-0.3, -0.25) is 0 Å². The smallest absolute Gasteiger partial charge is 0.0461 e. The average Bonchev–Trinajstić information content (AvgIpc) is 2.75. The van der Waals surface area contributed by atoms with E-state index in [1.807, 2.05) is 0 Å². The fraction of sp³-hybridized carbons (Fsp3) is 0.400. The molecule has 2 N–H and O–H groups in total. The Kier molecular flexibility index (Phi) is 2.39. The third kappa shape index (κ3) is 1.65. The summed E-state index contributed by atoms with van der Waals surface area (Å²) in [6.45, 7) is 4.71. The van der Waals surface area contributed by atoms with Crippen molar-refractivity contribution in [1.29, 1.82) is 0 Å². The summed E-state index contributed by atoms with van der Waals surface area (Å²) in [7, 11) is 0. The van der Waals surface area contributed by atoms with Gasteiger partial charge in [0.25, 0.3) is 0 Å². The van der Waals surface area contributed by atoms with Gasteiger partial charge < -0.3 is 10.3 Å². The second-order valence-corrected chi connectivity index (χ2v) is 7.69. The lowest BCUT2D eigenvalue weighted by Crippen LogP contribution is -2.59. The molecule has 1 saturated heterocycles. The molecule has 1 aromatic carbocycles. The van der Waals surface area contributed by atoms with Gasteiger partial charge in [-0.2, -0.15) is 0 Å². The number of rotatable bonds is 0. The first-order chi connectivity index (χ1) is 10.6. The van der Waals surface area contributed by atoms with Crippen LogP contribution in [0.2, 0.25) is 0 Å². The van der Waals surface area contributed by atoms with Crippen molar-refractivity contribution in [1.82, 2.24) is 10.3 Å². The molecule has 2 heteroatoms. The highest BCUT2D eigenvalue weighted by Crippen LogP contribution is 2.44. The quantitative estimate of drug-likeness (QED) is 0.752. The van der Waals surface area contributed by atoms with Crippen LogP contribution in [0.3, 0.4) is 0 Å². The van der Waals surface area contributed by atoms with E-state index in [2.05, 4.69) is 66.6 Å². The van der Waals surface area contributed by atoms with Crippen molar-refractivity contribution in [2.24, 2.45) is 11.8 Å². The zero-order valence-corrected chi connectivity index (χ0v) is 13.2. The van der Waals surface area contributed by atoms with E-state index in [4.69, 9.17) is 0 Å². The molecule has 2 aliphatic carbocycles. The Morgan fingerprint density at radius 2 is 2.05 bits per heavy atom. The average molecular weight is 290 g/mol. The van der Waals surface area contributed by atoms with Crippen LogP contribution in [-0.4, -0.2) is 16.6 Å². The molecule has 2 nitrogen and oxygen atoms in total. The van der Waals surface area contributed by atoms with Crippen molar-refractivity contribution in [2.45, 2.75) is 38.3 Å². The number of aromatic nitrogens is 1. The highest BCUT2D eigenvalue weighted by atomic mass is 15.0. The van der Waals surface area contributed by atoms with Crippen LogP contribution < -0.4 is 5.32 Å². The number of aromatic amines is 1. The Morgan fingerprint density at radius 3 is 2.95 bits per heavy atom. The molecule has 1 aromatic heterocycles. The number of para-hydroxylation sites is 1. The molecular weight excluding hydrogens is 268 g/mol. The first kappa shape index (κ1) is 12.7. The van der Waals surface area contributed by atoms with E-state index in [-0.39, 0.29) is 5.54 Å². The lowest BCUT2D eigenvalue weighted by Gasteiger charge is -2.49. The standard InChI is InChI=1S/C20H22N2/c1-20(2)13-8-7-12-9-18-16(11-19(22-20)15(12)10-13)14-5-3-4-6-17(14)21-18/h3-9,13,15,19,21-22H,10-11H2,1-2H3/t13-,15?,19+/m0/s1. The molecule has 1 aliphatic heterocycles. The minimum Gasteiger partial charge on any atom is -0.355 e. The number of nitrogens with one attached hydrogen (secondary N) is 2. The van der Waals surface area contributed by atoms with E-state index >= 15 is 0 Å². The number of allylic oxidation sites excluding steroid dienone is 1. The van der Waals surface area contributed by atoms with Gasteiger partial charge in [0, 0.05) is 34.1 Å². The van der Waals surface area contributed by atoms with E-state index in [0.29, 0.717) is 17.9 Å². The van der Waals surface area contributed by atoms with Gasteiger partial charge >= 0.3 is 0 Å². The van der Waals surface area contributed by atoms with Crippen LogP contribution in [0.15, 0.2) is 42.0 Å². The largest absolute Gasteiger partial charge is 0.355 e. The van der Waals surface area contributed by atoms with Crippen LogP contribution in [-0.2, 0) is 6.42 Å². The summed E-state index contributed by atoms with van der Waals surface area (Å²) in [4.78, 5) is 3.63. The minimum absolute atomic E-state index is 0.194. The molecule has 1 fully saturated rings. The topological polar surface area (TPSA) is 27.8 Å². The van der Waals surface area contributed by atoms with Gasteiger partial charge in [0.2, 0.25) is 0 Å². The predicted octanol–water partition coefficient (Wildman–Crippen LogP) is 4.05. The first-order valence-corrected chi connectivity index (χ1v) is 8.39. The number of hydrogen-bond donors (Lipinski definition) is 2. The third-order valence-electron chi connectivity index (χ3n) is 6.01. The molecule has 1 unspecified atom stereocenters. The summed E-state index contributed by atoms with van der Waals surface area (Å²) in [6.07, 6.45) is 9.60. The van der Waals surface area contributed by atoms with Crippen LogP contribution in [0.25, 0.3) is 17.0 Å². The maximum atomic E-state index is 3.96. The third-order valence-corrected chi connectivity index (χ3v) is 6.01. The fourth-order valence-electron chi connectivity index (χ4n) is 4.76. The molecule has 0 spiro atoms. The van der Waals surface area contributed by atoms with Crippen molar-refractivity contribution < 1.29 is 0 Å². The van der Waals surface area contributed by atoms with Crippen molar-refractivity contribution in [3.05, 3.63) is 53.2 Å². The molecule has 22 heavy (non-hydrogen) atoms. The maximum Gasteiger partial charge on any atom is 0.0461 e. The Hall–Kier alpha value is -1.80. The highest BCUT2D eigenvalue weighted by Gasteiger charge is 2.44. The lowest BCUT2D eigenvalue weighted by atomic mass is 9.67. The Labute approximate surface area is 131 Å². The Morgan fingerprint density at radius 1 is 1.18 bits per heavy atom. The summed E-state index contributed by atoms with van der Waals surface area (Å²) in [5.41, 5.74) is 5.75. The van der Waals surface area contributed by atoms with Gasteiger partial charge in [-0.25, -0.2) is 0 Å². The van der Waals surface area contributed by atoms with Crippen molar-refractivity contribution in [2.75, 3.05) is 0 Å². The minimum atomic E-state index is 0.194. The molecule has 2 bridgehead atoms. The number of benzene rings is 1. The van der Waals surface area contributed by atoms with Gasteiger partial charge in [-0.15, -0.1) is 0 Å². The molecule has 3 aliphatic rings. The SMILES string of the molecule is CC1(C)N[C@@H]2Cc3c([nH]c4ccccc34)C=C3C=C[C@H]1CC32. The van der Waals surface area contributed by atoms with Crippen LogP contribution in [0.1, 0.15) is 31.5 Å². The predicted molar refractivity (Wildman–Crippen MR) is 91.7 cm³/mol. The molecule has 3 atom stereocenters. The van der Waals surface area contributed by atoms with Gasteiger partial charge in [0.1, 0.15) is 0 Å². The second kappa shape index (κ2) is 4.14. The monoisotopic (exact) mass is 290 g/mol. The van der Waals surface area contributed by atoms with Crippen LogP contribution >= 0.6 is 0 Å². The number of fused-ring (bicyclic) bond motifs is 4. The molecule has 5 rings (SSSR count). The number of hydrogen-bond acceptors (Lipinski definition) is 1. The van der Waals surface area contributed by atoms with E-state index in [0.717, 1.165) is 6.42 Å². The van der Waals surface area contributed by atoms with Gasteiger partial charge in [-0.05, 0) is 55.9 Å². The van der Waals surface area contributed by atoms with Crippen LogP contribution in [0.5, 0.6) is 0 Å². The molecule has 0 amide bonds. The molecule has 2 aromatic rings. The van der Waals surface area contributed by atoms with Crippen LogP contribution in [0.4, 0.5) is 0 Å². The summed E-state index contributed by atoms with van der Waals surface area (Å²) < 4.78 is 0. The Bertz CT molecular complexity index is 821. The van der Waals surface area contributed by atoms with Crippen molar-refractivity contribution >= 4 is 17.0 Å². The highest BCUT2D eigenvalue weighted by molar-refractivity contribution is 5.88. The van der Waals surface area contributed by atoms with Gasteiger partial charge in [0.05, 0.1) is 0 Å². The van der Waals surface area contributed by atoms with E-state index in [1.165, 1.54) is 34.2 Å². The van der Waals surface area contributed by atoms with E-state index in [9.17, 15) is 0 Å². The van der Waals surface area contributed by atoms with Gasteiger partial charge in [0.15, 0.2) is 0 Å². The summed E-state index contributed by atoms with van der Waals surface area (Å²) >= 11 is 0. The van der Waals surface area contributed by atoms with Gasteiger partial charge in [-0.1, -0.05) is 30.4 Å². The first-order valence-electron chi connectivity index (χ1n) is 8.39. The van der Waals surface area contributed by atoms with E-state index in [1.54, 1.807) is 0 Å². The van der Waals surface area contributed by atoms with E-state index < -0.39 is 0 Å². The normalized spacial score (nSPS) is 31.5. The van der Waals surface area contributed by atoms with Crippen LogP contribution in [0, 0.1) is 11.8 Å². The maximum absolute atomic E-state index is 3.96. The summed E-state index contributed by atoms with van der Waals surface area (Å²) in [6, 6.07) is 9.25.